The van der Waals surface area contributed by atoms with Gasteiger partial charge in [-0.05, 0) is 17.9 Å². The zero-order valence-electron chi connectivity index (χ0n) is 15.4. The maximum absolute atomic E-state index is 5.35. The normalized spacial score (nSPS) is 10.5. The van der Waals surface area contributed by atoms with Gasteiger partial charge in [0.1, 0.15) is 0 Å². The van der Waals surface area contributed by atoms with Gasteiger partial charge < -0.3 is 5.73 Å². The van der Waals surface area contributed by atoms with Gasteiger partial charge in [0.2, 0.25) is 0 Å². The van der Waals surface area contributed by atoms with E-state index in [9.17, 15) is 0 Å². The highest BCUT2D eigenvalue weighted by Crippen LogP contribution is 2.13. The molecule has 0 saturated carbocycles. The van der Waals surface area contributed by atoms with E-state index < -0.39 is 0 Å². The third-order valence-electron chi connectivity index (χ3n) is 3.99. The number of nitrogens with two attached hydrogens (primary N) is 1. The quantitative estimate of drug-likeness (QED) is 0.302. The van der Waals surface area contributed by atoms with Gasteiger partial charge in [-0.1, -0.05) is 118 Å². The first-order chi connectivity index (χ1) is 11.2. The van der Waals surface area contributed by atoms with Crippen LogP contribution in [0.15, 0.2) is 30.3 Å². The Bertz CT molecular complexity index is 324. The van der Waals surface area contributed by atoms with Gasteiger partial charge >= 0.3 is 0 Å². The van der Waals surface area contributed by atoms with Crippen molar-refractivity contribution in [2.24, 2.45) is 11.7 Å². The Labute approximate surface area is 153 Å². The summed E-state index contributed by atoms with van der Waals surface area (Å²) in [6.07, 6.45) is 14.4. The Morgan fingerprint density at radius 1 is 0.783 bits per heavy atom. The Morgan fingerprint density at radius 2 is 1.26 bits per heavy atom. The van der Waals surface area contributed by atoms with Crippen molar-refractivity contribution in [1.82, 2.24) is 0 Å². The van der Waals surface area contributed by atoms with E-state index in [0.29, 0.717) is 6.54 Å². The molecule has 0 aromatic heterocycles. The summed E-state index contributed by atoms with van der Waals surface area (Å²) in [5, 5.41) is 1.18. The van der Waals surface area contributed by atoms with Crippen LogP contribution in [0.25, 0.3) is 0 Å². The van der Waals surface area contributed by atoms with E-state index in [1.165, 1.54) is 75.1 Å². The van der Waals surface area contributed by atoms with E-state index in [0.717, 1.165) is 5.92 Å². The summed E-state index contributed by atoms with van der Waals surface area (Å²) in [7, 11) is 0. The van der Waals surface area contributed by atoms with Crippen molar-refractivity contribution >= 4 is 15.9 Å². The van der Waals surface area contributed by atoms with Crippen molar-refractivity contribution in [1.29, 1.82) is 0 Å². The van der Waals surface area contributed by atoms with Gasteiger partial charge in [0.25, 0.3) is 0 Å². The van der Waals surface area contributed by atoms with Gasteiger partial charge in [-0.25, -0.2) is 0 Å². The van der Waals surface area contributed by atoms with Gasteiger partial charge in [0.15, 0.2) is 0 Å². The molecule has 0 bridgehead atoms. The molecule has 1 aromatic carbocycles. The zero-order chi connectivity index (χ0) is 17.2. The smallest absolute Gasteiger partial charge is 0.0178 e. The predicted molar refractivity (Wildman–Crippen MR) is 109 cm³/mol. The molecule has 23 heavy (non-hydrogen) atoms. The van der Waals surface area contributed by atoms with Crippen molar-refractivity contribution in [2.75, 3.05) is 5.33 Å². The summed E-state index contributed by atoms with van der Waals surface area (Å²) < 4.78 is 0. The molecule has 1 nitrogen and oxygen atoms in total. The molecule has 134 valence electrons. The Morgan fingerprint density at radius 3 is 1.65 bits per heavy atom. The number of rotatable bonds is 12. The molecule has 0 atom stereocenters. The maximum Gasteiger partial charge on any atom is 0.0178 e. The van der Waals surface area contributed by atoms with Crippen LogP contribution < -0.4 is 5.73 Å². The summed E-state index contributed by atoms with van der Waals surface area (Å²) in [4.78, 5) is 0. The molecule has 0 amide bonds. The minimum absolute atomic E-state index is 0.640. The number of halogens is 1. The Hall–Kier alpha value is -0.340. The molecule has 0 saturated heterocycles. The van der Waals surface area contributed by atoms with Crippen molar-refractivity contribution in [3.63, 3.8) is 0 Å². The number of hydrogen-bond acceptors (Lipinski definition) is 1. The lowest BCUT2D eigenvalue weighted by Crippen LogP contribution is -1.94. The van der Waals surface area contributed by atoms with Crippen LogP contribution in [0.4, 0.5) is 0 Å². The summed E-state index contributed by atoms with van der Waals surface area (Å²) in [5.41, 5.74) is 6.54. The van der Waals surface area contributed by atoms with Crippen molar-refractivity contribution in [3.05, 3.63) is 35.9 Å². The third-order valence-corrected chi connectivity index (χ3v) is 4.55. The summed E-state index contributed by atoms with van der Waals surface area (Å²) in [5.74, 6) is 0.897. The van der Waals surface area contributed by atoms with Crippen LogP contribution in [0.3, 0.4) is 0 Å². The molecule has 0 heterocycles. The minimum Gasteiger partial charge on any atom is -0.326 e. The maximum atomic E-state index is 5.35. The van der Waals surface area contributed by atoms with E-state index >= 15 is 0 Å². The van der Waals surface area contributed by atoms with E-state index in [-0.39, 0.29) is 0 Å². The molecule has 2 N–H and O–H groups in total. The zero-order valence-corrected chi connectivity index (χ0v) is 17.0. The molecule has 1 aromatic rings. The standard InChI is InChI=1S/C14H29Br.C7H9N/c1-14(2)12-10-8-6-4-3-5-7-9-11-13-15;8-6-7-4-2-1-3-5-7/h14H,3-13H2,1-2H3;1-5H,6,8H2. The number of unbranched alkanes of at least 4 members (excludes halogenated alkanes) is 8. The molecule has 0 aliphatic carbocycles. The molecule has 0 fully saturated rings. The SMILES string of the molecule is CC(C)CCCCCCCCCCCBr.NCc1ccccc1. The van der Waals surface area contributed by atoms with Crippen LogP contribution in [0.5, 0.6) is 0 Å². The van der Waals surface area contributed by atoms with Gasteiger partial charge in [0.05, 0.1) is 0 Å². The largest absolute Gasteiger partial charge is 0.326 e. The molecule has 2 heteroatoms. The highest BCUT2D eigenvalue weighted by molar-refractivity contribution is 9.09. The monoisotopic (exact) mass is 383 g/mol. The summed E-state index contributed by atoms with van der Waals surface area (Å²) in [6, 6.07) is 9.99. The van der Waals surface area contributed by atoms with Gasteiger partial charge in [-0.15, -0.1) is 0 Å². The predicted octanol–water partition coefficient (Wildman–Crippen LogP) is 7.08. The number of benzene rings is 1. The second-order valence-corrected chi connectivity index (χ2v) is 7.54. The van der Waals surface area contributed by atoms with E-state index in [4.69, 9.17) is 5.73 Å². The van der Waals surface area contributed by atoms with E-state index in [2.05, 4.69) is 29.8 Å². The Kier molecular flexibility index (Phi) is 17.7. The van der Waals surface area contributed by atoms with Crippen LogP contribution in [0, 0.1) is 5.92 Å². The average Bonchev–Trinajstić information content (AvgIpc) is 2.57. The molecular weight excluding hydrogens is 346 g/mol. The third kappa shape index (κ3) is 17.8. The summed E-state index contributed by atoms with van der Waals surface area (Å²) >= 11 is 3.47. The van der Waals surface area contributed by atoms with Crippen LogP contribution in [0.2, 0.25) is 0 Å². The van der Waals surface area contributed by atoms with Crippen LogP contribution in [-0.4, -0.2) is 5.33 Å². The molecule has 0 unspecified atom stereocenters. The van der Waals surface area contributed by atoms with E-state index in [1.807, 2.05) is 30.3 Å². The molecule has 0 aliphatic heterocycles. The number of alkyl halides is 1. The van der Waals surface area contributed by atoms with Gasteiger partial charge in [0, 0.05) is 11.9 Å². The van der Waals surface area contributed by atoms with Gasteiger partial charge in [-0.2, -0.15) is 0 Å². The lowest BCUT2D eigenvalue weighted by atomic mass is 10.0. The molecule has 0 aliphatic rings. The van der Waals surface area contributed by atoms with Crippen molar-refractivity contribution in [3.8, 4) is 0 Å². The second-order valence-electron chi connectivity index (χ2n) is 6.74. The lowest BCUT2D eigenvalue weighted by Gasteiger charge is -2.04. The van der Waals surface area contributed by atoms with Crippen LogP contribution in [-0.2, 0) is 6.54 Å². The molecular formula is C21H38BrN. The molecule has 0 spiro atoms. The lowest BCUT2D eigenvalue weighted by molar-refractivity contribution is 0.507. The topological polar surface area (TPSA) is 26.0 Å². The fraction of sp³-hybridized carbons (Fsp3) is 0.714. The minimum atomic E-state index is 0.640. The average molecular weight is 384 g/mol. The molecule has 1 rings (SSSR count). The van der Waals surface area contributed by atoms with Crippen molar-refractivity contribution in [2.45, 2.75) is 84.6 Å². The molecule has 0 radical (unpaired) electrons. The summed E-state index contributed by atoms with van der Waals surface area (Å²) in [6.45, 7) is 5.29. The number of hydrogen-bond donors (Lipinski definition) is 1. The van der Waals surface area contributed by atoms with E-state index in [1.54, 1.807) is 0 Å². The second kappa shape index (κ2) is 18.0. The highest BCUT2D eigenvalue weighted by Gasteiger charge is 1.95. The fourth-order valence-electron chi connectivity index (χ4n) is 2.50. The van der Waals surface area contributed by atoms with Crippen LogP contribution >= 0.6 is 15.9 Å². The first kappa shape index (κ1) is 22.7. The fourth-order valence-corrected chi connectivity index (χ4v) is 2.90. The Balaban J connectivity index is 0.000000502. The first-order valence-electron chi connectivity index (χ1n) is 9.50. The highest BCUT2D eigenvalue weighted by atomic mass is 79.9. The van der Waals surface area contributed by atoms with Crippen molar-refractivity contribution < 1.29 is 0 Å². The van der Waals surface area contributed by atoms with Crippen LogP contribution in [0.1, 0.15) is 83.6 Å². The first-order valence-corrected chi connectivity index (χ1v) is 10.6. The van der Waals surface area contributed by atoms with Gasteiger partial charge in [-0.3, -0.25) is 0 Å².